The minimum Gasteiger partial charge on any atom is -0.450 e. The predicted molar refractivity (Wildman–Crippen MR) is 211 cm³/mol. The third-order valence-electron chi connectivity index (χ3n) is 10.4. The van der Waals surface area contributed by atoms with Gasteiger partial charge in [0.15, 0.2) is 69.8 Å². The summed E-state index contributed by atoms with van der Waals surface area (Å²) in [5.41, 5.74) is -17.0. The van der Waals surface area contributed by atoms with Crippen LogP contribution in [-0.2, 0) is 24.7 Å². The van der Waals surface area contributed by atoms with Crippen molar-refractivity contribution in [1.29, 1.82) is 0 Å². The van der Waals surface area contributed by atoms with E-state index in [1.54, 1.807) is 0 Å². The Morgan fingerprint density at radius 3 is 0.625 bits per heavy atom. The molecule has 426 valence electrons. The monoisotopic (exact) mass is 1230 g/mol. The molecule has 2 nitrogen and oxygen atoms in total. The van der Waals surface area contributed by atoms with Crippen molar-refractivity contribution < 1.29 is 141 Å². The summed E-state index contributed by atoms with van der Waals surface area (Å²) in [4.78, 5) is -9.37. The van der Waals surface area contributed by atoms with Crippen LogP contribution in [-0.4, -0.2) is 0 Å². The molecule has 0 unspecified atom stereocenters. The van der Waals surface area contributed by atoms with Crippen LogP contribution in [0.15, 0.2) is 68.1 Å². The molecule has 0 saturated heterocycles. The SMILES string of the molecule is Fc1c(F)c(F)c(Sc2c(F)c(F)c(Oc3cc(-c4cc(C(F)(F)F)cc(C(F)(F)F)c4)c(Oc4c(F)c(F)c(Sc5c(F)c(F)c(F)c(F)c5F)c(F)c4F)cc3-c3cc(C(F)(F)F)cc(C(F)(F)F)c3)c(F)c2F)c(F)c1F. The number of hydrogen-bond acceptors (Lipinski definition) is 4. The fourth-order valence-corrected chi connectivity index (χ4v) is 8.56. The molecule has 7 aromatic rings. The summed E-state index contributed by atoms with van der Waals surface area (Å²) < 4.78 is 448. The van der Waals surface area contributed by atoms with Crippen molar-refractivity contribution in [2.24, 2.45) is 0 Å². The quantitative estimate of drug-likeness (QED) is 0.0771. The van der Waals surface area contributed by atoms with Crippen molar-refractivity contribution in [2.45, 2.75) is 44.3 Å². The molecule has 0 bridgehead atoms. The highest BCUT2D eigenvalue weighted by Crippen LogP contribution is 2.52. The molecular weight excluding hydrogens is 1220 g/mol. The zero-order valence-corrected chi connectivity index (χ0v) is 38.2. The summed E-state index contributed by atoms with van der Waals surface area (Å²) >= 11 is -2.58. The molecule has 80 heavy (non-hydrogen) atoms. The fourth-order valence-electron chi connectivity index (χ4n) is 6.71. The highest BCUT2D eigenvalue weighted by atomic mass is 32.2. The number of alkyl halides is 12. The van der Waals surface area contributed by atoms with Crippen LogP contribution in [0.25, 0.3) is 22.3 Å². The van der Waals surface area contributed by atoms with Gasteiger partial charge in [0.25, 0.3) is 0 Å². The Kier molecular flexibility index (Phi) is 15.9. The molecule has 7 aromatic carbocycles. The lowest BCUT2D eigenvalue weighted by atomic mass is 9.93. The van der Waals surface area contributed by atoms with E-state index in [1.165, 1.54) is 0 Å². The minimum atomic E-state index is -5.95. The first-order valence-electron chi connectivity index (χ1n) is 19.9. The van der Waals surface area contributed by atoms with Crippen LogP contribution in [0.1, 0.15) is 22.3 Å². The molecule has 0 heterocycles. The van der Waals surface area contributed by atoms with Crippen molar-refractivity contribution in [1.82, 2.24) is 0 Å². The summed E-state index contributed by atoms with van der Waals surface area (Å²) in [5.74, 6) is -62.6. The Bertz CT molecular complexity index is 3290. The number of ether oxygens (including phenoxy) is 2. The molecule has 0 N–H and O–H groups in total. The average molecular weight is 1230 g/mol. The van der Waals surface area contributed by atoms with Gasteiger partial charge in [0.1, 0.15) is 11.5 Å². The van der Waals surface area contributed by atoms with Gasteiger partial charge in [-0.1, -0.05) is 23.5 Å². The molecule has 0 fully saturated rings. The molecule has 0 radical (unpaired) electrons. The molecule has 0 spiro atoms. The highest BCUT2D eigenvalue weighted by Gasteiger charge is 2.41. The van der Waals surface area contributed by atoms with Crippen LogP contribution >= 0.6 is 23.5 Å². The van der Waals surface area contributed by atoms with E-state index in [0.717, 1.165) is 0 Å². The van der Waals surface area contributed by atoms with Gasteiger partial charge < -0.3 is 9.47 Å². The zero-order chi connectivity index (χ0) is 60.1. The lowest BCUT2D eigenvalue weighted by Crippen LogP contribution is -2.12. The maximum atomic E-state index is 15.9. The van der Waals surface area contributed by atoms with Crippen molar-refractivity contribution in [3.63, 3.8) is 0 Å². The molecule has 0 saturated carbocycles. The van der Waals surface area contributed by atoms with Gasteiger partial charge in [-0.25, -0.2) is 61.5 Å². The van der Waals surface area contributed by atoms with E-state index in [4.69, 9.17) is 9.47 Å². The molecule has 0 aliphatic carbocycles. The van der Waals surface area contributed by atoms with Crippen LogP contribution in [0.2, 0.25) is 0 Å². The smallest absolute Gasteiger partial charge is 0.416 e. The standard InChI is InChI=1S/C46H8F30O2S2/c47-19-21(49)29(57)39(30(58)22(19)50)79-41-33(61)25(53)37(26(54)34(41)62)77-17-8-16(10-3-13(45(71,72)73)6-14(4-10)46(74,75)76)18(7-15(17)9-1-11(43(65,66)67)5-12(2-9)44(68,69)70)78-38-27(55)35(63)42(36(64)28(38)56)80-40-31(59)23(51)20(48)24(52)32(40)60/h1-8H. The van der Waals surface area contributed by atoms with Crippen molar-refractivity contribution in [2.75, 3.05) is 0 Å². The van der Waals surface area contributed by atoms with Gasteiger partial charge in [-0.05, 0) is 59.7 Å². The summed E-state index contributed by atoms with van der Waals surface area (Å²) in [6.45, 7) is 0. The Morgan fingerprint density at radius 1 is 0.237 bits per heavy atom. The van der Waals surface area contributed by atoms with E-state index in [2.05, 4.69) is 0 Å². The third-order valence-corrected chi connectivity index (χ3v) is 12.7. The van der Waals surface area contributed by atoms with Crippen LogP contribution in [0.4, 0.5) is 132 Å². The maximum Gasteiger partial charge on any atom is 0.416 e. The first kappa shape index (κ1) is 60.4. The van der Waals surface area contributed by atoms with Gasteiger partial charge in [0.05, 0.1) is 41.8 Å². The van der Waals surface area contributed by atoms with Crippen LogP contribution < -0.4 is 9.47 Å². The van der Waals surface area contributed by atoms with E-state index >= 15 is 35.1 Å². The third kappa shape index (κ3) is 11.0. The summed E-state index contributed by atoms with van der Waals surface area (Å²) in [6.07, 6.45) is -23.8. The van der Waals surface area contributed by atoms with E-state index in [0.29, 0.717) is 0 Å². The molecule has 0 aromatic heterocycles. The van der Waals surface area contributed by atoms with E-state index in [9.17, 15) is 96.6 Å². The second-order valence-electron chi connectivity index (χ2n) is 15.5. The number of halogens is 30. The molecule has 7 rings (SSSR count). The maximum absolute atomic E-state index is 15.9. The molecule has 0 aliphatic heterocycles. The Labute approximate surface area is 429 Å². The first-order valence-corrected chi connectivity index (χ1v) is 21.6. The fraction of sp³-hybridized carbons (Fsp3) is 0.0870. The van der Waals surface area contributed by atoms with Gasteiger partial charge in [-0.3, -0.25) is 0 Å². The van der Waals surface area contributed by atoms with E-state index < -0.39 is 289 Å². The van der Waals surface area contributed by atoms with Crippen LogP contribution in [0.3, 0.4) is 0 Å². The predicted octanol–water partition coefficient (Wildman–Crippen LogP) is 19.5. The van der Waals surface area contributed by atoms with E-state index in [1.807, 2.05) is 0 Å². The zero-order valence-electron chi connectivity index (χ0n) is 36.6. The van der Waals surface area contributed by atoms with Crippen molar-refractivity contribution in [3.05, 3.63) is 175 Å². The topological polar surface area (TPSA) is 18.5 Å². The Hall–Kier alpha value is -7.26. The van der Waals surface area contributed by atoms with Gasteiger partial charge >= 0.3 is 24.7 Å². The normalized spacial score (nSPS) is 12.5. The summed E-state index contributed by atoms with van der Waals surface area (Å²) in [6, 6.07) is -3.82. The highest BCUT2D eigenvalue weighted by molar-refractivity contribution is 7.99. The largest absolute Gasteiger partial charge is 0.450 e. The van der Waals surface area contributed by atoms with Gasteiger partial charge in [-0.2, -0.15) is 70.2 Å². The van der Waals surface area contributed by atoms with Crippen LogP contribution in [0, 0.1) is 105 Å². The van der Waals surface area contributed by atoms with Crippen molar-refractivity contribution >= 4 is 23.5 Å². The second kappa shape index (κ2) is 21.0. The summed E-state index contributed by atoms with van der Waals surface area (Å²) in [5, 5.41) is 0. The average Bonchev–Trinajstić information content (AvgIpc) is 3.38. The molecule has 0 atom stereocenters. The Morgan fingerprint density at radius 2 is 0.425 bits per heavy atom. The number of hydrogen-bond donors (Lipinski definition) is 0. The minimum absolute atomic E-state index is 0.393. The molecule has 34 heteroatoms. The molecule has 0 amide bonds. The van der Waals surface area contributed by atoms with Gasteiger partial charge in [0, 0.05) is 11.1 Å². The molecule has 0 aliphatic rings. The first-order chi connectivity index (χ1) is 36.7. The van der Waals surface area contributed by atoms with Gasteiger partial charge in [-0.15, -0.1) is 0 Å². The lowest BCUT2D eigenvalue weighted by molar-refractivity contribution is -0.144. The lowest BCUT2D eigenvalue weighted by Gasteiger charge is -2.22. The van der Waals surface area contributed by atoms with Gasteiger partial charge in [0.2, 0.25) is 46.4 Å². The number of benzene rings is 7. The molecular formula is C46H8F30O2S2. The van der Waals surface area contributed by atoms with Crippen LogP contribution in [0.5, 0.6) is 23.0 Å². The summed E-state index contributed by atoms with van der Waals surface area (Å²) in [7, 11) is 0. The number of rotatable bonds is 10. The second-order valence-corrected chi connectivity index (χ2v) is 17.5. The van der Waals surface area contributed by atoms with Crippen molar-refractivity contribution in [3.8, 4) is 45.3 Å². The Balaban J connectivity index is 1.58. The van der Waals surface area contributed by atoms with E-state index in [-0.39, 0.29) is 0 Å².